The van der Waals surface area contributed by atoms with Crippen molar-refractivity contribution in [2.24, 2.45) is 0 Å². The summed E-state index contributed by atoms with van der Waals surface area (Å²) in [5.74, 6) is 1.21. The Morgan fingerprint density at radius 2 is 2.08 bits per heavy atom. The normalized spacial score (nSPS) is 18.8. The van der Waals surface area contributed by atoms with Crippen LogP contribution in [0.5, 0.6) is 0 Å². The summed E-state index contributed by atoms with van der Waals surface area (Å²) in [7, 11) is 0. The van der Waals surface area contributed by atoms with Crippen molar-refractivity contribution in [2.75, 3.05) is 30.3 Å². The first-order chi connectivity index (χ1) is 12.7. The van der Waals surface area contributed by atoms with Gasteiger partial charge in [-0.1, -0.05) is 0 Å². The van der Waals surface area contributed by atoms with Crippen LogP contribution in [0.1, 0.15) is 23.3 Å². The van der Waals surface area contributed by atoms with Crippen LogP contribution in [0.25, 0.3) is 10.7 Å². The van der Waals surface area contributed by atoms with Gasteiger partial charge in [0.25, 0.3) is 0 Å². The van der Waals surface area contributed by atoms with Crippen molar-refractivity contribution in [1.29, 1.82) is 0 Å². The maximum atomic E-state index is 6.37. The number of nitrogens with zero attached hydrogens (tertiary/aromatic N) is 4. The standard InChI is InChI=1S/C18H19N5OS2/c19-14-1-5-20-16(22-14)13-11-12-2-9-24-18(15(12)26-13)3-7-23(8-4-18)17-21-6-10-25-17/h1,5-6,10-11H,2-4,7-9H2,(H2,19,20,22). The summed E-state index contributed by atoms with van der Waals surface area (Å²) >= 11 is 3.47. The second-order valence-corrected chi connectivity index (χ2v) is 8.59. The van der Waals surface area contributed by atoms with Gasteiger partial charge in [-0.25, -0.2) is 15.0 Å². The Kier molecular flexibility index (Phi) is 3.91. The van der Waals surface area contributed by atoms with E-state index in [1.807, 2.05) is 11.6 Å². The van der Waals surface area contributed by atoms with E-state index in [1.165, 1.54) is 10.4 Å². The van der Waals surface area contributed by atoms with E-state index in [0.717, 1.165) is 49.0 Å². The van der Waals surface area contributed by atoms with Crippen LogP contribution in [0, 0.1) is 0 Å². The molecule has 1 spiro atoms. The van der Waals surface area contributed by atoms with E-state index in [4.69, 9.17) is 10.5 Å². The average molecular weight is 386 g/mol. The zero-order valence-electron chi connectivity index (χ0n) is 14.2. The van der Waals surface area contributed by atoms with E-state index in [-0.39, 0.29) is 5.60 Å². The molecule has 0 atom stereocenters. The third-order valence-corrected chi connectivity index (χ3v) is 7.32. The minimum atomic E-state index is -0.176. The highest BCUT2D eigenvalue weighted by atomic mass is 32.1. The maximum absolute atomic E-state index is 6.37. The van der Waals surface area contributed by atoms with Gasteiger partial charge < -0.3 is 15.4 Å². The van der Waals surface area contributed by atoms with E-state index < -0.39 is 0 Å². The molecule has 3 aromatic heterocycles. The van der Waals surface area contributed by atoms with Gasteiger partial charge in [0.2, 0.25) is 0 Å². The Balaban J connectivity index is 1.45. The number of aromatic nitrogens is 3. The molecule has 26 heavy (non-hydrogen) atoms. The smallest absolute Gasteiger partial charge is 0.185 e. The van der Waals surface area contributed by atoms with Gasteiger partial charge in [0.05, 0.1) is 11.5 Å². The van der Waals surface area contributed by atoms with Crippen LogP contribution in [0.15, 0.2) is 29.9 Å². The summed E-state index contributed by atoms with van der Waals surface area (Å²) in [4.78, 5) is 18.0. The highest BCUT2D eigenvalue weighted by molar-refractivity contribution is 7.15. The fraction of sp³-hybridized carbons (Fsp3) is 0.389. The van der Waals surface area contributed by atoms with Crippen molar-refractivity contribution >= 4 is 33.6 Å². The van der Waals surface area contributed by atoms with Crippen molar-refractivity contribution < 1.29 is 4.74 Å². The SMILES string of the molecule is Nc1ccnc(-c2cc3c(s2)C2(CCN(c4nccs4)CC2)OCC3)n1. The molecule has 0 saturated carbocycles. The van der Waals surface area contributed by atoms with E-state index >= 15 is 0 Å². The predicted octanol–water partition coefficient (Wildman–Crippen LogP) is 3.31. The second-order valence-electron chi connectivity index (χ2n) is 6.66. The molecule has 2 aliphatic heterocycles. The Labute approximate surface area is 159 Å². The number of hydrogen-bond donors (Lipinski definition) is 1. The average Bonchev–Trinajstić information content (AvgIpc) is 3.33. The lowest BCUT2D eigenvalue weighted by molar-refractivity contribution is -0.0735. The molecule has 8 heteroatoms. The van der Waals surface area contributed by atoms with Crippen molar-refractivity contribution in [2.45, 2.75) is 24.9 Å². The first-order valence-electron chi connectivity index (χ1n) is 8.74. The molecule has 0 aromatic carbocycles. The third kappa shape index (κ3) is 2.69. The van der Waals surface area contributed by atoms with Gasteiger partial charge in [-0.15, -0.1) is 22.7 Å². The van der Waals surface area contributed by atoms with Gasteiger partial charge in [0.1, 0.15) is 11.4 Å². The topological polar surface area (TPSA) is 77.2 Å². The lowest BCUT2D eigenvalue weighted by Gasteiger charge is -2.43. The highest BCUT2D eigenvalue weighted by Crippen LogP contribution is 2.47. The van der Waals surface area contributed by atoms with E-state index in [0.29, 0.717) is 11.6 Å². The highest BCUT2D eigenvalue weighted by Gasteiger charge is 2.43. The summed E-state index contributed by atoms with van der Waals surface area (Å²) in [6, 6.07) is 3.95. The monoisotopic (exact) mass is 385 g/mol. The zero-order chi connectivity index (χ0) is 17.6. The van der Waals surface area contributed by atoms with Gasteiger partial charge in [0.15, 0.2) is 11.0 Å². The lowest BCUT2D eigenvalue weighted by Crippen LogP contribution is -2.46. The van der Waals surface area contributed by atoms with E-state index in [1.54, 1.807) is 34.9 Å². The van der Waals surface area contributed by atoms with Crippen LogP contribution in [-0.2, 0) is 16.8 Å². The molecule has 0 aliphatic carbocycles. The molecule has 3 aromatic rings. The van der Waals surface area contributed by atoms with Gasteiger partial charge in [0, 0.05) is 35.7 Å². The van der Waals surface area contributed by atoms with E-state index in [9.17, 15) is 0 Å². The Hall–Kier alpha value is -2.03. The van der Waals surface area contributed by atoms with Gasteiger partial charge >= 0.3 is 0 Å². The number of thiazole rings is 1. The minimum absolute atomic E-state index is 0.176. The summed E-state index contributed by atoms with van der Waals surface area (Å²) in [6.45, 7) is 2.71. The van der Waals surface area contributed by atoms with Crippen molar-refractivity contribution in [3.63, 3.8) is 0 Å². The number of anilines is 2. The third-order valence-electron chi connectivity index (χ3n) is 5.13. The van der Waals surface area contributed by atoms with Crippen LogP contribution >= 0.6 is 22.7 Å². The van der Waals surface area contributed by atoms with Crippen LogP contribution < -0.4 is 10.6 Å². The molecule has 0 radical (unpaired) electrons. The molecular formula is C18H19N5OS2. The second kappa shape index (κ2) is 6.29. The van der Waals surface area contributed by atoms with E-state index in [2.05, 4.69) is 25.9 Å². The molecule has 5 rings (SSSR count). The summed E-state index contributed by atoms with van der Waals surface area (Å²) in [5, 5.41) is 3.14. The van der Waals surface area contributed by atoms with Crippen LogP contribution in [0.4, 0.5) is 10.9 Å². The van der Waals surface area contributed by atoms with Crippen molar-refractivity contribution in [3.05, 3.63) is 40.3 Å². The summed E-state index contributed by atoms with van der Waals surface area (Å²) in [6.07, 6.45) is 6.51. The van der Waals surface area contributed by atoms with Crippen LogP contribution in [-0.4, -0.2) is 34.6 Å². The molecule has 1 saturated heterocycles. The lowest BCUT2D eigenvalue weighted by atomic mass is 9.85. The fourth-order valence-electron chi connectivity index (χ4n) is 3.83. The molecular weight excluding hydrogens is 366 g/mol. The Morgan fingerprint density at radius 1 is 1.19 bits per heavy atom. The molecule has 2 N–H and O–H groups in total. The van der Waals surface area contributed by atoms with Crippen molar-refractivity contribution in [1.82, 2.24) is 15.0 Å². The molecule has 6 nitrogen and oxygen atoms in total. The zero-order valence-corrected chi connectivity index (χ0v) is 15.9. The summed E-state index contributed by atoms with van der Waals surface area (Å²) in [5.41, 5.74) is 7.04. The van der Waals surface area contributed by atoms with Gasteiger partial charge in [-0.05, 0) is 37.0 Å². The molecule has 0 unspecified atom stereocenters. The van der Waals surface area contributed by atoms with Gasteiger partial charge in [-0.3, -0.25) is 0 Å². The number of ether oxygens (including phenoxy) is 1. The van der Waals surface area contributed by atoms with Crippen LogP contribution in [0.3, 0.4) is 0 Å². The predicted molar refractivity (Wildman–Crippen MR) is 105 cm³/mol. The van der Waals surface area contributed by atoms with Crippen molar-refractivity contribution in [3.8, 4) is 10.7 Å². The largest absolute Gasteiger partial charge is 0.384 e. The molecule has 2 aliphatic rings. The number of rotatable bonds is 2. The maximum Gasteiger partial charge on any atom is 0.185 e. The quantitative estimate of drug-likeness (QED) is 0.729. The molecule has 134 valence electrons. The number of fused-ring (bicyclic) bond motifs is 2. The first-order valence-corrected chi connectivity index (χ1v) is 10.4. The minimum Gasteiger partial charge on any atom is -0.384 e. The molecule has 0 amide bonds. The molecule has 1 fully saturated rings. The number of piperidine rings is 1. The Bertz CT molecular complexity index is 916. The number of nitrogens with two attached hydrogens (primary N) is 1. The van der Waals surface area contributed by atoms with Crippen LogP contribution in [0.2, 0.25) is 0 Å². The first kappa shape index (κ1) is 16.2. The Morgan fingerprint density at radius 3 is 2.85 bits per heavy atom. The molecule has 0 bridgehead atoms. The number of thiophene rings is 1. The number of nitrogen functional groups attached to an aromatic ring is 1. The number of hydrogen-bond acceptors (Lipinski definition) is 8. The van der Waals surface area contributed by atoms with Gasteiger partial charge in [-0.2, -0.15) is 0 Å². The molecule has 5 heterocycles. The summed E-state index contributed by atoms with van der Waals surface area (Å²) < 4.78 is 6.37. The fourth-order valence-corrected chi connectivity index (χ4v) is 5.87.